The van der Waals surface area contributed by atoms with Crippen molar-refractivity contribution in [3.8, 4) is 5.75 Å². The molecule has 0 aliphatic carbocycles. The Morgan fingerprint density at radius 1 is 1.16 bits per heavy atom. The fraction of sp³-hybridized carbons (Fsp3) is 0.583. The molecule has 0 radical (unpaired) electrons. The second-order valence-corrected chi connectivity index (χ2v) is 9.94. The maximum atomic E-state index is 13.2. The van der Waals surface area contributed by atoms with E-state index in [1.807, 2.05) is 39.8 Å². The van der Waals surface area contributed by atoms with Crippen LogP contribution in [0.5, 0.6) is 5.75 Å². The van der Waals surface area contributed by atoms with Gasteiger partial charge < -0.3 is 19.5 Å². The number of aryl methyl sites for hydroxylation is 1. The van der Waals surface area contributed by atoms with Crippen LogP contribution in [-0.4, -0.2) is 42.6 Å². The van der Waals surface area contributed by atoms with E-state index in [9.17, 15) is 14.0 Å². The van der Waals surface area contributed by atoms with Crippen molar-refractivity contribution in [3.63, 3.8) is 0 Å². The fourth-order valence-electron chi connectivity index (χ4n) is 3.20. The van der Waals surface area contributed by atoms with Gasteiger partial charge in [-0.3, -0.25) is 4.90 Å². The van der Waals surface area contributed by atoms with Gasteiger partial charge >= 0.3 is 12.2 Å². The first-order valence-electron chi connectivity index (χ1n) is 10.8. The van der Waals surface area contributed by atoms with Gasteiger partial charge in [-0.2, -0.15) is 0 Å². The van der Waals surface area contributed by atoms with Gasteiger partial charge in [0.25, 0.3) is 0 Å². The van der Waals surface area contributed by atoms with Crippen LogP contribution < -0.4 is 15.0 Å². The number of fused-ring (bicyclic) bond motifs is 1. The second kappa shape index (κ2) is 10.2. The highest BCUT2D eigenvalue weighted by atomic mass is 19.1. The lowest BCUT2D eigenvalue weighted by atomic mass is 9.97. The van der Waals surface area contributed by atoms with Crippen molar-refractivity contribution < 1.29 is 28.2 Å². The van der Waals surface area contributed by atoms with Crippen LogP contribution in [0, 0.1) is 0 Å². The standard InChI is InChI=1S/C24H35FN2O5/c1-16-8-9-18-12-19(10-11-20(18)27(16)22(29)32-24(5,6)7)30-15-17(13-25)14-26-21(28)31-23(2,3)4/h10-13,16H,8-9,14-15H2,1-7H3,(H,26,28)/b17-13-. The van der Waals surface area contributed by atoms with Crippen molar-refractivity contribution in [3.05, 3.63) is 35.7 Å². The average molecular weight is 451 g/mol. The molecule has 7 nitrogen and oxygen atoms in total. The molecule has 1 unspecified atom stereocenters. The zero-order valence-corrected chi connectivity index (χ0v) is 20.1. The van der Waals surface area contributed by atoms with Crippen LogP contribution in [0.4, 0.5) is 19.7 Å². The van der Waals surface area contributed by atoms with Gasteiger partial charge in [-0.1, -0.05) is 0 Å². The third kappa shape index (κ3) is 7.73. The number of alkyl carbamates (subject to hydrolysis) is 1. The van der Waals surface area contributed by atoms with E-state index in [4.69, 9.17) is 14.2 Å². The molecule has 0 fully saturated rings. The SMILES string of the molecule is CC1CCc2cc(OC/C(=C\F)CNC(=O)OC(C)(C)C)ccc2N1C(=O)OC(C)(C)C. The number of nitrogens with zero attached hydrogens (tertiary/aromatic N) is 1. The van der Waals surface area contributed by atoms with Gasteiger partial charge in [0.15, 0.2) is 0 Å². The minimum atomic E-state index is -0.631. The summed E-state index contributed by atoms with van der Waals surface area (Å²) in [5.41, 5.74) is 0.799. The molecule has 0 bridgehead atoms. The van der Waals surface area contributed by atoms with Crippen molar-refractivity contribution >= 4 is 17.9 Å². The minimum absolute atomic E-state index is 0.0177. The summed E-state index contributed by atoms with van der Waals surface area (Å²) in [4.78, 5) is 26.1. The molecule has 1 aliphatic rings. The number of benzene rings is 1. The van der Waals surface area contributed by atoms with E-state index in [-0.39, 0.29) is 30.9 Å². The van der Waals surface area contributed by atoms with Gasteiger partial charge in [0.1, 0.15) is 23.6 Å². The molecule has 0 aromatic heterocycles. The second-order valence-electron chi connectivity index (χ2n) is 9.94. The Morgan fingerprint density at radius 3 is 2.41 bits per heavy atom. The summed E-state index contributed by atoms with van der Waals surface area (Å²) < 4.78 is 29.7. The molecule has 178 valence electrons. The number of carbonyl (C=O) groups excluding carboxylic acids is 2. The summed E-state index contributed by atoms with van der Waals surface area (Å²) in [7, 11) is 0. The summed E-state index contributed by atoms with van der Waals surface area (Å²) in [5, 5.41) is 2.51. The van der Waals surface area contributed by atoms with E-state index < -0.39 is 17.3 Å². The Bertz CT molecular complexity index is 855. The van der Waals surface area contributed by atoms with E-state index in [0.29, 0.717) is 12.1 Å². The van der Waals surface area contributed by atoms with E-state index in [1.54, 1.807) is 31.7 Å². The molecule has 2 rings (SSSR count). The average Bonchev–Trinajstić information content (AvgIpc) is 2.65. The van der Waals surface area contributed by atoms with Crippen LogP contribution in [0.25, 0.3) is 0 Å². The van der Waals surface area contributed by atoms with Crippen molar-refractivity contribution in [2.24, 2.45) is 0 Å². The normalized spacial score (nSPS) is 16.8. The molecular weight excluding hydrogens is 415 g/mol. The van der Waals surface area contributed by atoms with Crippen LogP contribution >= 0.6 is 0 Å². The molecule has 2 amide bonds. The smallest absolute Gasteiger partial charge is 0.415 e. The molecule has 1 aromatic rings. The third-order valence-corrected chi connectivity index (χ3v) is 4.61. The lowest BCUT2D eigenvalue weighted by Gasteiger charge is -2.36. The number of nitrogens with one attached hydrogen (secondary N) is 1. The van der Waals surface area contributed by atoms with Gasteiger partial charge in [0.05, 0.1) is 12.0 Å². The summed E-state index contributed by atoms with van der Waals surface area (Å²) in [6.45, 7) is 12.7. The Kier molecular flexibility index (Phi) is 8.15. The quantitative estimate of drug-likeness (QED) is 0.639. The van der Waals surface area contributed by atoms with Crippen LogP contribution in [-0.2, 0) is 15.9 Å². The number of hydrogen-bond acceptors (Lipinski definition) is 5. The molecule has 1 N–H and O–H groups in total. The highest BCUT2D eigenvalue weighted by Crippen LogP contribution is 2.34. The van der Waals surface area contributed by atoms with E-state index >= 15 is 0 Å². The Labute approximate surface area is 189 Å². The van der Waals surface area contributed by atoms with Crippen molar-refractivity contribution in [2.45, 2.75) is 78.6 Å². The molecule has 0 spiro atoms. The monoisotopic (exact) mass is 450 g/mol. The van der Waals surface area contributed by atoms with E-state index in [1.165, 1.54) is 0 Å². The van der Waals surface area contributed by atoms with E-state index in [2.05, 4.69) is 5.32 Å². The van der Waals surface area contributed by atoms with Crippen LogP contribution in [0.15, 0.2) is 30.1 Å². The molecule has 0 saturated heterocycles. The van der Waals surface area contributed by atoms with E-state index in [0.717, 1.165) is 24.1 Å². The van der Waals surface area contributed by atoms with Crippen LogP contribution in [0.2, 0.25) is 0 Å². The lowest BCUT2D eigenvalue weighted by molar-refractivity contribution is 0.0528. The fourth-order valence-corrected chi connectivity index (χ4v) is 3.20. The molecule has 1 aromatic carbocycles. The van der Waals surface area contributed by atoms with Gasteiger partial charge in [0.2, 0.25) is 0 Å². The summed E-state index contributed by atoms with van der Waals surface area (Å²) in [5.74, 6) is 0.555. The topological polar surface area (TPSA) is 77.1 Å². The largest absolute Gasteiger partial charge is 0.489 e. The molecule has 8 heteroatoms. The lowest BCUT2D eigenvalue weighted by Crippen LogP contribution is -2.44. The predicted octanol–water partition coefficient (Wildman–Crippen LogP) is 5.52. The Balaban J connectivity index is 2.01. The molecule has 1 heterocycles. The number of halogens is 1. The molecule has 0 saturated carbocycles. The van der Waals surface area contributed by atoms with Crippen LogP contribution in [0.3, 0.4) is 0 Å². The summed E-state index contributed by atoms with van der Waals surface area (Å²) in [6, 6.07) is 5.44. The summed E-state index contributed by atoms with van der Waals surface area (Å²) >= 11 is 0. The highest BCUT2D eigenvalue weighted by molar-refractivity contribution is 5.90. The number of amides is 2. The van der Waals surface area contributed by atoms with Gasteiger partial charge in [0, 0.05) is 18.2 Å². The Morgan fingerprint density at radius 2 is 1.81 bits per heavy atom. The molecule has 1 atom stereocenters. The van der Waals surface area contributed by atoms with Crippen molar-refractivity contribution in [2.75, 3.05) is 18.1 Å². The first-order chi connectivity index (χ1) is 14.8. The minimum Gasteiger partial charge on any atom is -0.489 e. The number of hydrogen-bond donors (Lipinski definition) is 1. The first-order valence-corrected chi connectivity index (χ1v) is 10.8. The van der Waals surface area contributed by atoms with Crippen molar-refractivity contribution in [1.29, 1.82) is 0 Å². The Hall–Kier alpha value is -2.77. The van der Waals surface area contributed by atoms with Crippen LogP contribution in [0.1, 0.15) is 60.5 Å². The third-order valence-electron chi connectivity index (χ3n) is 4.61. The number of anilines is 1. The predicted molar refractivity (Wildman–Crippen MR) is 122 cm³/mol. The first kappa shape index (κ1) is 25.5. The molecule has 1 aliphatic heterocycles. The highest BCUT2D eigenvalue weighted by Gasteiger charge is 2.32. The number of rotatable bonds is 5. The van der Waals surface area contributed by atoms with Gasteiger partial charge in [-0.05, 0) is 85.1 Å². The molecular formula is C24H35FN2O5. The maximum absolute atomic E-state index is 13.2. The zero-order valence-electron chi connectivity index (χ0n) is 20.1. The van der Waals surface area contributed by atoms with Gasteiger partial charge in [-0.15, -0.1) is 0 Å². The van der Waals surface area contributed by atoms with Crippen molar-refractivity contribution in [1.82, 2.24) is 5.32 Å². The van der Waals surface area contributed by atoms with Gasteiger partial charge in [-0.25, -0.2) is 14.0 Å². The maximum Gasteiger partial charge on any atom is 0.415 e. The zero-order chi connectivity index (χ0) is 24.1. The number of carbonyl (C=O) groups is 2. The number of ether oxygens (including phenoxy) is 3. The molecule has 32 heavy (non-hydrogen) atoms. The summed E-state index contributed by atoms with van der Waals surface area (Å²) in [6.07, 6.45) is 1.00.